The van der Waals surface area contributed by atoms with Crippen molar-refractivity contribution in [3.8, 4) is 0 Å². The third-order valence-corrected chi connectivity index (χ3v) is 3.01. The van der Waals surface area contributed by atoms with Crippen molar-refractivity contribution in [1.82, 2.24) is 4.90 Å². The normalized spacial score (nSPS) is 12.2. The van der Waals surface area contributed by atoms with Crippen molar-refractivity contribution in [2.24, 2.45) is 0 Å². The Hall–Kier alpha value is -1.68. The van der Waals surface area contributed by atoms with Gasteiger partial charge < -0.3 is 4.74 Å². The Morgan fingerprint density at radius 2 is 1.65 bits per heavy atom. The number of nitrogens with one attached hydrogen (secondary N) is 2. The fraction of sp³-hybridized carbons (Fsp3) is 0.500. The first kappa shape index (κ1) is 16.4. The van der Waals surface area contributed by atoms with Gasteiger partial charge in [0, 0.05) is 6.92 Å². The molecule has 0 saturated heterocycles. The first-order chi connectivity index (χ1) is 9.60. The molecule has 0 bridgehead atoms. The molecule has 0 heterocycles. The third-order valence-electron chi connectivity index (χ3n) is 3.01. The van der Waals surface area contributed by atoms with E-state index in [9.17, 15) is 0 Å². The summed E-state index contributed by atoms with van der Waals surface area (Å²) in [5, 5.41) is 15.6. The monoisotopic (exact) mass is 275 g/mol. The molecule has 0 unspecified atom stereocenters. The Morgan fingerprint density at radius 1 is 1.10 bits per heavy atom. The van der Waals surface area contributed by atoms with Crippen LogP contribution in [0, 0.1) is 10.8 Å². The van der Waals surface area contributed by atoms with E-state index < -0.39 is 0 Å². The predicted molar refractivity (Wildman–Crippen MR) is 83.6 cm³/mol. The molecule has 1 aromatic rings. The molecule has 110 valence electrons. The Balaban J connectivity index is 3.04. The van der Waals surface area contributed by atoms with Gasteiger partial charge in [-0.3, -0.25) is 15.7 Å². The summed E-state index contributed by atoms with van der Waals surface area (Å²) in [7, 11) is 0. The molecule has 0 saturated carbocycles. The van der Waals surface area contributed by atoms with Crippen LogP contribution in [0.3, 0.4) is 0 Å². The number of hydrogen-bond acceptors (Lipinski definition) is 4. The number of ether oxygens (including phenoxy) is 1. The highest BCUT2D eigenvalue weighted by atomic mass is 16.5. The topological polar surface area (TPSA) is 60.2 Å². The zero-order valence-corrected chi connectivity index (χ0v) is 12.6. The van der Waals surface area contributed by atoms with Crippen LogP contribution in [-0.4, -0.2) is 29.8 Å². The molecule has 0 fully saturated rings. The van der Waals surface area contributed by atoms with Crippen molar-refractivity contribution in [3.05, 3.63) is 35.9 Å². The van der Waals surface area contributed by atoms with Gasteiger partial charge >= 0.3 is 0 Å². The van der Waals surface area contributed by atoms with Crippen LogP contribution in [0.1, 0.15) is 45.2 Å². The zero-order valence-electron chi connectivity index (χ0n) is 12.6. The number of rotatable bonds is 7. The predicted octanol–water partition coefficient (Wildman–Crippen LogP) is 3.84. The average Bonchev–Trinajstić information content (AvgIpc) is 2.40. The lowest BCUT2D eigenvalue weighted by Gasteiger charge is -2.31. The van der Waals surface area contributed by atoms with E-state index in [0.29, 0.717) is 0 Å². The lowest BCUT2D eigenvalue weighted by atomic mass is 10.0. The van der Waals surface area contributed by atoms with E-state index in [2.05, 4.69) is 18.7 Å². The molecule has 1 aromatic carbocycles. The maximum absolute atomic E-state index is 8.20. The van der Waals surface area contributed by atoms with Crippen LogP contribution in [-0.2, 0) is 4.74 Å². The Labute approximate surface area is 121 Å². The lowest BCUT2D eigenvalue weighted by molar-refractivity contribution is 0.226. The first-order valence-corrected chi connectivity index (χ1v) is 7.20. The van der Waals surface area contributed by atoms with Crippen LogP contribution >= 0.6 is 0 Å². The van der Waals surface area contributed by atoms with E-state index in [4.69, 9.17) is 15.6 Å². The Morgan fingerprint density at radius 3 is 2.10 bits per heavy atom. The number of nitrogens with zero attached hydrogens (tertiary/aromatic N) is 1. The standard InChI is InChI=1S/C16H25N3O/c1-4-11-19(12-5-2)15(16(18)20-13(3)17)14-9-7-6-8-10-14/h6-10,15,17-18H,4-5,11-12H2,1-3H3/t15-/m1/s1. The molecular formula is C16H25N3O. The van der Waals surface area contributed by atoms with Gasteiger partial charge in [0.2, 0.25) is 5.90 Å². The van der Waals surface area contributed by atoms with Crippen molar-refractivity contribution in [1.29, 1.82) is 10.8 Å². The van der Waals surface area contributed by atoms with Gasteiger partial charge in [-0.1, -0.05) is 44.2 Å². The summed E-state index contributed by atoms with van der Waals surface area (Å²) in [5.74, 6) is 0.189. The van der Waals surface area contributed by atoms with Gasteiger partial charge in [0.05, 0.1) is 0 Å². The molecule has 0 aliphatic carbocycles. The van der Waals surface area contributed by atoms with Gasteiger partial charge in [0.25, 0.3) is 0 Å². The van der Waals surface area contributed by atoms with Crippen LogP contribution in [0.15, 0.2) is 30.3 Å². The second kappa shape index (κ2) is 8.48. The minimum Gasteiger partial charge on any atom is -0.428 e. The fourth-order valence-corrected chi connectivity index (χ4v) is 2.33. The van der Waals surface area contributed by atoms with Crippen LogP contribution in [0.4, 0.5) is 0 Å². The molecule has 0 spiro atoms. The van der Waals surface area contributed by atoms with Crippen LogP contribution < -0.4 is 0 Å². The molecule has 1 rings (SSSR count). The van der Waals surface area contributed by atoms with Gasteiger partial charge in [0.15, 0.2) is 5.90 Å². The quantitative estimate of drug-likeness (QED) is 0.586. The highest BCUT2D eigenvalue weighted by Crippen LogP contribution is 2.23. The van der Waals surface area contributed by atoms with Gasteiger partial charge in [0.1, 0.15) is 6.04 Å². The summed E-state index contributed by atoms with van der Waals surface area (Å²) in [6.07, 6.45) is 2.06. The molecule has 0 amide bonds. The summed E-state index contributed by atoms with van der Waals surface area (Å²) in [4.78, 5) is 2.25. The van der Waals surface area contributed by atoms with E-state index in [0.717, 1.165) is 31.5 Å². The van der Waals surface area contributed by atoms with Gasteiger partial charge in [-0.05, 0) is 31.5 Å². The second-order valence-corrected chi connectivity index (χ2v) is 4.87. The lowest BCUT2D eigenvalue weighted by Crippen LogP contribution is -2.36. The maximum atomic E-state index is 8.20. The highest BCUT2D eigenvalue weighted by Gasteiger charge is 2.25. The van der Waals surface area contributed by atoms with E-state index in [1.165, 1.54) is 0 Å². The van der Waals surface area contributed by atoms with Gasteiger partial charge in [-0.25, -0.2) is 0 Å². The summed E-state index contributed by atoms with van der Waals surface area (Å²) in [6.45, 7) is 7.65. The molecule has 2 N–H and O–H groups in total. The van der Waals surface area contributed by atoms with E-state index >= 15 is 0 Å². The minimum absolute atomic E-state index is 0.0591. The first-order valence-electron chi connectivity index (χ1n) is 7.20. The Kier molecular flexibility index (Phi) is 6.94. The average molecular weight is 275 g/mol. The van der Waals surface area contributed by atoms with Crippen molar-refractivity contribution in [2.45, 2.75) is 39.7 Å². The smallest absolute Gasteiger partial charge is 0.211 e. The number of benzene rings is 1. The summed E-state index contributed by atoms with van der Waals surface area (Å²) < 4.78 is 5.27. The molecule has 0 radical (unpaired) electrons. The van der Waals surface area contributed by atoms with Gasteiger partial charge in [-0.15, -0.1) is 0 Å². The summed E-state index contributed by atoms with van der Waals surface area (Å²) in [6, 6.07) is 9.74. The maximum Gasteiger partial charge on any atom is 0.211 e. The molecule has 0 aromatic heterocycles. The molecule has 20 heavy (non-hydrogen) atoms. The molecule has 0 aliphatic rings. The molecule has 4 heteroatoms. The summed E-state index contributed by atoms with van der Waals surface area (Å²) >= 11 is 0. The highest BCUT2D eigenvalue weighted by molar-refractivity contribution is 5.90. The van der Waals surface area contributed by atoms with Gasteiger partial charge in [-0.2, -0.15) is 0 Å². The van der Waals surface area contributed by atoms with E-state index in [1.807, 2.05) is 30.3 Å². The molecule has 1 atom stereocenters. The van der Waals surface area contributed by atoms with Crippen LogP contribution in [0.25, 0.3) is 0 Å². The van der Waals surface area contributed by atoms with E-state index in [1.54, 1.807) is 6.92 Å². The molecular weight excluding hydrogens is 250 g/mol. The zero-order chi connectivity index (χ0) is 15.0. The molecule has 4 nitrogen and oxygen atoms in total. The van der Waals surface area contributed by atoms with Crippen LogP contribution in [0.5, 0.6) is 0 Å². The number of hydrogen-bond donors (Lipinski definition) is 2. The second-order valence-electron chi connectivity index (χ2n) is 4.87. The third kappa shape index (κ3) is 4.78. The largest absolute Gasteiger partial charge is 0.428 e. The van der Waals surface area contributed by atoms with Crippen molar-refractivity contribution < 1.29 is 4.74 Å². The van der Waals surface area contributed by atoms with Crippen molar-refractivity contribution in [3.63, 3.8) is 0 Å². The van der Waals surface area contributed by atoms with Crippen LogP contribution in [0.2, 0.25) is 0 Å². The fourth-order valence-electron chi connectivity index (χ4n) is 2.33. The molecule has 0 aliphatic heterocycles. The Bertz CT molecular complexity index is 425. The minimum atomic E-state index is -0.212. The van der Waals surface area contributed by atoms with Crippen molar-refractivity contribution >= 4 is 11.8 Å². The van der Waals surface area contributed by atoms with Crippen molar-refractivity contribution in [2.75, 3.05) is 13.1 Å². The summed E-state index contributed by atoms with van der Waals surface area (Å²) in [5.41, 5.74) is 1.04. The SMILES string of the molecule is CCCN(CCC)[C@@H](C(=N)OC(C)=N)c1ccccc1. The van der Waals surface area contributed by atoms with E-state index in [-0.39, 0.29) is 17.8 Å².